The zero-order valence-corrected chi connectivity index (χ0v) is 13.8. The van der Waals surface area contributed by atoms with Gasteiger partial charge in [0.05, 0.1) is 0 Å². The van der Waals surface area contributed by atoms with Gasteiger partial charge in [-0.3, -0.25) is 0 Å². The van der Waals surface area contributed by atoms with E-state index in [1.54, 1.807) is 0 Å². The highest BCUT2D eigenvalue weighted by Crippen LogP contribution is 2.35. The maximum Gasteiger partial charge on any atom is 0.247 e. The first-order valence-corrected chi connectivity index (χ1v) is 8.10. The molecule has 0 aliphatic rings. The first kappa shape index (κ1) is 14.9. The molecule has 2 aromatic carbocycles. The zero-order valence-electron chi connectivity index (χ0n) is 11.4. The average molecular weight is 374 g/mol. The van der Waals surface area contributed by atoms with Crippen molar-refractivity contribution < 1.29 is 4.74 Å². The number of hydrogen-bond donors (Lipinski definition) is 1. The molecular formula is C16H12BrN3OS. The summed E-state index contributed by atoms with van der Waals surface area (Å²) >= 11 is 4.86. The summed E-state index contributed by atoms with van der Waals surface area (Å²) in [6.45, 7) is 0. The molecule has 0 radical (unpaired) electrons. The second-order valence-electron chi connectivity index (χ2n) is 4.37. The van der Waals surface area contributed by atoms with Crippen LogP contribution in [0.4, 0.5) is 5.69 Å². The highest BCUT2D eigenvalue weighted by molar-refractivity contribution is 9.10. The van der Waals surface area contributed by atoms with Crippen molar-refractivity contribution in [2.45, 2.75) is 9.92 Å². The van der Waals surface area contributed by atoms with Crippen molar-refractivity contribution in [1.82, 2.24) is 9.97 Å². The second-order valence-corrected chi connectivity index (χ2v) is 6.35. The summed E-state index contributed by atoms with van der Waals surface area (Å²) in [5.74, 6) is 1.03. The number of nitrogens with two attached hydrogens (primary N) is 1. The van der Waals surface area contributed by atoms with Crippen LogP contribution in [0, 0.1) is 0 Å². The van der Waals surface area contributed by atoms with Gasteiger partial charge >= 0.3 is 0 Å². The lowest BCUT2D eigenvalue weighted by molar-refractivity contribution is 0.462. The third-order valence-electron chi connectivity index (χ3n) is 2.80. The van der Waals surface area contributed by atoms with Gasteiger partial charge in [-0.05, 0) is 36.4 Å². The van der Waals surface area contributed by atoms with E-state index in [4.69, 9.17) is 10.5 Å². The Morgan fingerprint density at radius 2 is 1.68 bits per heavy atom. The van der Waals surface area contributed by atoms with Crippen molar-refractivity contribution in [2.24, 2.45) is 0 Å². The van der Waals surface area contributed by atoms with Crippen LogP contribution in [0.15, 0.2) is 75.3 Å². The van der Waals surface area contributed by atoms with Crippen LogP contribution in [0.25, 0.3) is 0 Å². The summed E-state index contributed by atoms with van der Waals surface area (Å²) < 4.78 is 6.71. The number of benzene rings is 2. The molecule has 110 valence electrons. The maximum atomic E-state index is 6.13. The van der Waals surface area contributed by atoms with Crippen molar-refractivity contribution in [3.05, 3.63) is 65.4 Å². The topological polar surface area (TPSA) is 61.0 Å². The van der Waals surface area contributed by atoms with E-state index in [-0.39, 0.29) is 0 Å². The van der Waals surface area contributed by atoms with Gasteiger partial charge in [0.1, 0.15) is 22.8 Å². The Kier molecular flexibility index (Phi) is 4.60. The van der Waals surface area contributed by atoms with Crippen LogP contribution in [0.1, 0.15) is 0 Å². The van der Waals surface area contributed by atoms with E-state index >= 15 is 0 Å². The third kappa shape index (κ3) is 3.58. The van der Waals surface area contributed by atoms with Crippen LogP contribution in [0.5, 0.6) is 11.6 Å². The van der Waals surface area contributed by atoms with Gasteiger partial charge in [-0.2, -0.15) is 4.98 Å². The molecule has 6 heteroatoms. The van der Waals surface area contributed by atoms with Gasteiger partial charge in [0, 0.05) is 9.37 Å². The van der Waals surface area contributed by atoms with Crippen molar-refractivity contribution in [3.63, 3.8) is 0 Å². The van der Waals surface area contributed by atoms with Crippen LogP contribution in [0.2, 0.25) is 0 Å². The summed E-state index contributed by atoms with van der Waals surface area (Å²) in [5.41, 5.74) is 6.56. The average Bonchev–Trinajstić information content (AvgIpc) is 2.54. The Balaban J connectivity index is 1.84. The van der Waals surface area contributed by atoms with Crippen LogP contribution in [-0.4, -0.2) is 9.97 Å². The van der Waals surface area contributed by atoms with Gasteiger partial charge in [0.2, 0.25) is 5.88 Å². The van der Waals surface area contributed by atoms with E-state index < -0.39 is 0 Å². The molecule has 0 unspecified atom stereocenters. The number of ether oxygens (including phenoxy) is 1. The molecule has 1 heterocycles. The summed E-state index contributed by atoms with van der Waals surface area (Å²) in [6, 6.07) is 17.4. The summed E-state index contributed by atoms with van der Waals surface area (Å²) in [6.07, 6.45) is 1.45. The highest BCUT2D eigenvalue weighted by Gasteiger charge is 2.11. The number of anilines is 1. The first-order chi connectivity index (χ1) is 10.7. The Labute approximate surface area is 140 Å². The number of halogens is 1. The largest absolute Gasteiger partial charge is 0.437 e. The van der Waals surface area contributed by atoms with E-state index in [1.165, 1.54) is 18.1 Å². The van der Waals surface area contributed by atoms with Crippen molar-refractivity contribution in [2.75, 3.05) is 5.73 Å². The van der Waals surface area contributed by atoms with E-state index in [9.17, 15) is 0 Å². The molecule has 2 N–H and O–H groups in total. The fourth-order valence-electron chi connectivity index (χ4n) is 1.74. The molecule has 3 aromatic rings. The maximum absolute atomic E-state index is 6.13. The fraction of sp³-hybridized carbons (Fsp3) is 0. The van der Waals surface area contributed by atoms with Crippen LogP contribution >= 0.6 is 27.7 Å². The highest BCUT2D eigenvalue weighted by atomic mass is 79.9. The van der Waals surface area contributed by atoms with E-state index in [2.05, 4.69) is 25.9 Å². The van der Waals surface area contributed by atoms with Crippen molar-refractivity contribution in [3.8, 4) is 11.6 Å². The summed E-state index contributed by atoms with van der Waals surface area (Å²) in [5, 5.41) is 0.674. The minimum atomic E-state index is 0.357. The Morgan fingerprint density at radius 1 is 0.955 bits per heavy atom. The standard InChI is InChI=1S/C16H12BrN3OS/c17-11-6-8-12(9-7-11)21-15-14(18)16(20-10-19-15)22-13-4-2-1-3-5-13/h1-10H,18H2. The SMILES string of the molecule is Nc1c(Oc2ccc(Br)cc2)ncnc1Sc1ccccc1. The van der Waals surface area contributed by atoms with Gasteiger partial charge in [-0.15, -0.1) is 0 Å². The quantitative estimate of drug-likeness (QED) is 0.667. The van der Waals surface area contributed by atoms with Gasteiger partial charge in [-0.1, -0.05) is 45.9 Å². The van der Waals surface area contributed by atoms with Gasteiger partial charge in [0.25, 0.3) is 0 Å². The first-order valence-electron chi connectivity index (χ1n) is 6.49. The van der Waals surface area contributed by atoms with E-state index in [1.807, 2.05) is 54.6 Å². The lowest BCUT2D eigenvalue weighted by Gasteiger charge is -2.10. The molecule has 0 atom stereocenters. The van der Waals surface area contributed by atoms with Crippen molar-refractivity contribution in [1.29, 1.82) is 0 Å². The summed E-state index contributed by atoms with van der Waals surface area (Å²) in [4.78, 5) is 9.40. The molecule has 0 aliphatic heterocycles. The third-order valence-corrected chi connectivity index (χ3v) is 4.35. The lowest BCUT2D eigenvalue weighted by atomic mass is 10.3. The molecule has 0 saturated carbocycles. The number of nitrogen functional groups attached to an aromatic ring is 1. The summed E-state index contributed by atoms with van der Waals surface area (Å²) in [7, 11) is 0. The predicted molar refractivity (Wildman–Crippen MR) is 91.2 cm³/mol. The van der Waals surface area contributed by atoms with E-state index in [0.29, 0.717) is 22.3 Å². The van der Waals surface area contributed by atoms with Crippen LogP contribution in [-0.2, 0) is 0 Å². The minimum absolute atomic E-state index is 0.357. The van der Waals surface area contributed by atoms with Gasteiger partial charge < -0.3 is 10.5 Å². The normalized spacial score (nSPS) is 10.4. The minimum Gasteiger partial charge on any atom is -0.437 e. The van der Waals surface area contributed by atoms with E-state index in [0.717, 1.165) is 9.37 Å². The molecule has 0 fully saturated rings. The molecule has 0 amide bonds. The van der Waals surface area contributed by atoms with Crippen LogP contribution in [0.3, 0.4) is 0 Å². The number of rotatable bonds is 4. The molecule has 3 rings (SSSR count). The second kappa shape index (κ2) is 6.81. The molecule has 0 aliphatic carbocycles. The lowest BCUT2D eigenvalue weighted by Crippen LogP contribution is -1.99. The predicted octanol–water partition coefficient (Wildman–Crippen LogP) is 4.76. The molecule has 0 saturated heterocycles. The van der Waals surface area contributed by atoms with Gasteiger partial charge in [-0.25, -0.2) is 4.98 Å². The van der Waals surface area contributed by atoms with Gasteiger partial charge in [0.15, 0.2) is 0 Å². The zero-order chi connectivity index (χ0) is 15.4. The smallest absolute Gasteiger partial charge is 0.247 e. The molecule has 22 heavy (non-hydrogen) atoms. The van der Waals surface area contributed by atoms with Crippen molar-refractivity contribution >= 4 is 33.4 Å². The Bertz CT molecular complexity index is 766. The molecule has 0 bridgehead atoms. The number of aromatic nitrogens is 2. The van der Waals surface area contributed by atoms with Crippen LogP contribution < -0.4 is 10.5 Å². The molecular weight excluding hydrogens is 362 g/mol. The Hall–Kier alpha value is -2.05. The fourth-order valence-corrected chi connectivity index (χ4v) is 2.82. The molecule has 0 spiro atoms. The number of hydrogen-bond acceptors (Lipinski definition) is 5. The Morgan fingerprint density at radius 3 is 2.41 bits per heavy atom. The number of nitrogens with zero attached hydrogens (tertiary/aromatic N) is 2. The monoisotopic (exact) mass is 373 g/mol. The molecule has 1 aromatic heterocycles. The molecule has 4 nitrogen and oxygen atoms in total.